The predicted octanol–water partition coefficient (Wildman–Crippen LogP) is 2.99. The van der Waals surface area contributed by atoms with E-state index in [-0.39, 0.29) is 17.0 Å². The first-order chi connectivity index (χ1) is 12.4. The number of sulfonamides is 1. The highest BCUT2D eigenvalue weighted by molar-refractivity contribution is 7.89. The fourth-order valence-electron chi connectivity index (χ4n) is 2.88. The number of β-amino-alcohol motifs (C(OH)–C–C–N with tert-alkyl or cyclic N) is 1. The molecule has 1 aliphatic rings. The van der Waals surface area contributed by atoms with Crippen molar-refractivity contribution in [1.82, 2.24) is 4.31 Å². The summed E-state index contributed by atoms with van der Waals surface area (Å²) in [5.74, 6) is 0. The molecule has 0 saturated carbocycles. The highest BCUT2D eigenvalue weighted by atomic mass is 32.2. The molecule has 1 aliphatic heterocycles. The zero-order chi connectivity index (χ0) is 18.7. The van der Waals surface area contributed by atoms with E-state index in [0.29, 0.717) is 30.8 Å². The molecular formula is C18H20F2N2O3S. The molecule has 8 heteroatoms. The van der Waals surface area contributed by atoms with Crippen LogP contribution < -0.4 is 5.32 Å². The first kappa shape index (κ1) is 18.8. The third-order valence-corrected chi connectivity index (χ3v) is 6.16. The van der Waals surface area contributed by atoms with Crippen LogP contribution in [0, 0.1) is 0 Å². The van der Waals surface area contributed by atoms with Gasteiger partial charge in [-0.15, -0.1) is 0 Å². The first-order valence-electron chi connectivity index (χ1n) is 8.25. The van der Waals surface area contributed by atoms with E-state index in [2.05, 4.69) is 5.32 Å². The Balaban J connectivity index is 1.73. The van der Waals surface area contributed by atoms with Gasteiger partial charge in [-0.3, -0.25) is 0 Å². The molecule has 1 fully saturated rings. The van der Waals surface area contributed by atoms with Crippen molar-refractivity contribution in [2.45, 2.75) is 30.4 Å². The number of anilines is 1. The molecule has 2 aromatic rings. The molecule has 0 spiro atoms. The Labute approximate surface area is 151 Å². The van der Waals surface area contributed by atoms with Crippen LogP contribution in [0.3, 0.4) is 0 Å². The van der Waals surface area contributed by atoms with Gasteiger partial charge in [0.2, 0.25) is 10.0 Å². The van der Waals surface area contributed by atoms with Crippen molar-refractivity contribution >= 4 is 15.7 Å². The zero-order valence-corrected chi connectivity index (χ0v) is 14.8. The number of hydrogen-bond donors (Lipinski definition) is 2. The molecule has 3 rings (SSSR count). The Bertz CT molecular complexity index is 874. The van der Waals surface area contributed by atoms with Crippen LogP contribution >= 0.6 is 0 Å². The van der Waals surface area contributed by atoms with Crippen molar-refractivity contribution < 1.29 is 22.3 Å². The standard InChI is InChI=1S/C18H20F2N2O3S/c19-18(20)14-4-2-5-15(10-14)21-11-13-3-1-6-17(9-13)26(24,25)22-8-7-16(23)12-22/h1-6,9-10,16,18,21,23H,7-8,11-12H2. The highest BCUT2D eigenvalue weighted by Gasteiger charge is 2.31. The Hall–Kier alpha value is -2.03. The van der Waals surface area contributed by atoms with Crippen LogP contribution in [0.15, 0.2) is 53.4 Å². The summed E-state index contributed by atoms with van der Waals surface area (Å²) in [6, 6.07) is 12.4. The molecule has 1 heterocycles. The summed E-state index contributed by atoms with van der Waals surface area (Å²) >= 11 is 0. The van der Waals surface area contributed by atoms with Gasteiger partial charge in [0.25, 0.3) is 6.43 Å². The molecule has 5 nitrogen and oxygen atoms in total. The van der Waals surface area contributed by atoms with Crippen molar-refractivity contribution in [3.05, 3.63) is 59.7 Å². The van der Waals surface area contributed by atoms with Crippen LogP contribution in [0.25, 0.3) is 0 Å². The van der Waals surface area contributed by atoms with Gasteiger partial charge in [-0.05, 0) is 36.2 Å². The predicted molar refractivity (Wildman–Crippen MR) is 94.6 cm³/mol. The second kappa shape index (κ2) is 7.69. The summed E-state index contributed by atoms with van der Waals surface area (Å²) in [4.78, 5) is 0.159. The Morgan fingerprint density at radius 1 is 1.19 bits per heavy atom. The van der Waals surface area contributed by atoms with Crippen LogP contribution in [-0.4, -0.2) is 37.0 Å². The highest BCUT2D eigenvalue weighted by Crippen LogP contribution is 2.24. The van der Waals surface area contributed by atoms with Crippen LogP contribution in [0.2, 0.25) is 0 Å². The number of nitrogens with zero attached hydrogens (tertiary/aromatic N) is 1. The van der Waals surface area contributed by atoms with Crippen molar-refractivity contribution in [1.29, 1.82) is 0 Å². The van der Waals surface area contributed by atoms with Crippen molar-refractivity contribution in [3.63, 3.8) is 0 Å². The zero-order valence-electron chi connectivity index (χ0n) is 14.0. The normalized spacial score (nSPS) is 18.4. The summed E-state index contributed by atoms with van der Waals surface area (Å²) in [5.41, 5.74) is 1.19. The van der Waals surface area contributed by atoms with E-state index in [0.717, 1.165) is 0 Å². The molecule has 2 N–H and O–H groups in total. The largest absolute Gasteiger partial charge is 0.392 e. The van der Waals surface area contributed by atoms with Crippen LogP contribution in [-0.2, 0) is 16.6 Å². The second-order valence-corrected chi connectivity index (χ2v) is 8.17. The average Bonchev–Trinajstić information content (AvgIpc) is 3.08. The van der Waals surface area contributed by atoms with E-state index >= 15 is 0 Å². The quantitative estimate of drug-likeness (QED) is 0.806. The van der Waals surface area contributed by atoms with Crippen molar-refractivity contribution in [3.8, 4) is 0 Å². The fraction of sp³-hybridized carbons (Fsp3) is 0.333. The summed E-state index contributed by atoms with van der Waals surface area (Å²) < 4.78 is 52.1. The Kier molecular flexibility index (Phi) is 5.55. The molecule has 1 atom stereocenters. The Morgan fingerprint density at radius 2 is 1.96 bits per heavy atom. The second-order valence-electron chi connectivity index (χ2n) is 6.23. The number of aliphatic hydroxyl groups is 1. The van der Waals surface area contributed by atoms with Gasteiger partial charge in [0.15, 0.2) is 0 Å². The molecule has 1 unspecified atom stereocenters. The minimum atomic E-state index is -3.65. The maximum atomic E-state index is 12.8. The van der Waals surface area contributed by atoms with Gasteiger partial charge >= 0.3 is 0 Å². The van der Waals surface area contributed by atoms with E-state index in [9.17, 15) is 22.3 Å². The maximum absolute atomic E-state index is 12.8. The van der Waals surface area contributed by atoms with Crippen LogP contribution in [0.1, 0.15) is 24.0 Å². The van der Waals surface area contributed by atoms with Gasteiger partial charge in [0.05, 0.1) is 11.0 Å². The molecule has 0 bridgehead atoms. The number of rotatable bonds is 6. The molecule has 0 amide bonds. The van der Waals surface area contributed by atoms with E-state index in [1.165, 1.54) is 22.5 Å². The molecule has 0 radical (unpaired) electrons. The molecule has 0 aromatic heterocycles. The minimum Gasteiger partial charge on any atom is -0.392 e. The third-order valence-electron chi connectivity index (χ3n) is 4.30. The number of aliphatic hydroxyl groups excluding tert-OH is 1. The van der Waals surface area contributed by atoms with Crippen molar-refractivity contribution in [2.75, 3.05) is 18.4 Å². The summed E-state index contributed by atoms with van der Waals surface area (Å²) in [6.45, 7) is 0.705. The van der Waals surface area contributed by atoms with E-state index in [1.807, 2.05) is 0 Å². The topological polar surface area (TPSA) is 69.6 Å². The molecule has 26 heavy (non-hydrogen) atoms. The summed E-state index contributed by atoms with van der Waals surface area (Å²) in [5, 5.41) is 12.6. The lowest BCUT2D eigenvalue weighted by atomic mass is 10.2. The van der Waals surface area contributed by atoms with Crippen molar-refractivity contribution in [2.24, 2.45) is 0 Å². The number of halogens is 2. The SMILES string of the molecule is O=S(=O)(c1cccc(CNc2cccc(C(F)F)c2)c1)N1CCC(O)C1. The van der Waals surface area contributed by atoms with Crippen LogP contribution in [0.4, 0.5) is 14.5 Å². The molecule has 1 saturated heterocycles. The Morgan fingerprint density at radius 3 is 2.65 bits per heavy atom. The lowest BCUT2D eigenvalue weighted by molar-refractivity contribution is 0.151. The van der Waals surface area contributed by atoms with E-state index in [1.54, 1.807) is 30.3 Å². The third kappa shape index (κ3) is 4.20. The van der Waals surface area contributed by atoms with E-state index in [4.69, 9.17) is 0 Å². The van der Waals surface area contributed by atoms with Crippen LogP contribution in [0.5, 0.6) is 0 Å². The molecule has 0 aliphatic carbocycles. The lowest BCUT2D eigenvalue weighted by Gasteiger charge is -2.16. The molecular weight excluding hydrogens is 362 g/mol. The van der Waals surface area contributed by atoms with Gasteiger partial charge in [-0.1, -0.05) is 24.3 Å². The smallest absolute Gasteiger partial charge is 0.263 e. The number of nitrogens with one attached hydrogen (secondary N) is 1. The number of alkyl halides is 2. The molecule has 140 valence electrons. The maximum Gasteiger partial charge on any atom is 0.263 e. The first-order valence-corrected chi connectivity index (χ1v) is 9.69. The summed E-state index contributed by atoms with van der Waals surface area (Å²) in [7, 11) is -3.65. The molecule has 2 aromatic carbocycles. The monoisotopic (exact) mass is 382 g/mol. The van der Waals surface area contributed by atoms with Gasteiger partial charge in [0.1, 0.15) is 0 Å². The lowest BCUT2D eigenvalue weighted by Crippen LogP contribution is -2.29. The number of benzene rings is 2. The van der Waals surface area contributed by atoms with Gasteiger partial charge in [0, 0.05) is 30.9 Å². The van der Waals surface area contributed by atoms with Gasteiger partial charge in [-0.2, -0.15) is 4.31 Å². The average molecular weight is 382 g/mol. The van der Waals surface area contributed by atoms with E-state index < -0.39 is 22.6 Å². The van der Waals surface area contributed by atoms with Gasteiger partial charge in [-0.25, -0.2) is 17.2 Å². The minimum absolute atomic E-state index is 0.0704. The fourth-order valence-corrected chi connectivity index (χ4v) is 4.45. The number of hydrogen-bond acceptors (Lipinski definition) is 4. The summed E-state index contributed by atoms with van der Waals surface area (Å²) in [6.07, 6.45) is -2.74. The van der Waals surface area contributed by atoms with Gasteiger partial charge < -0.3 is 10.4 Å².